The van der Waals surface area contributed by atoms with Crippen LogP contribution >= 0.6 is 0 Å². The Morgan fingerprint density at radius 1 is 1.12 bits per heavy atom. The smallest absolute Gasteiger partial charge is 0.192 e. The highest BCUT2D eigenvalue weighted by molar-refractivity contribution is 6.04. The van der Waals surface area contributed by atoms with E-state index in [0.29, 0.717) is 11.1 Å². The van der Waals surface area contributed by atoms with Crippen LogP contribution in [0.25, 0.3) is 0 Å². The average Bonchev–Trinajstić information content (AvgIpc) is 2.53. The third kappa shape index (κ3) is 2.48. The maximum absolute atomic E-state index is 13.0. The van der Waals surface area contributed by atoms with Gasteiger partial charge >= 0.3 is 0 Å². The molecule has 3 rings (SSSR count). The van der Waals surface area contributed by atoms with Crippen LogP contribution in [0.2, 0.25) is 0 Å². The van der Waals surface area contributed by atoms with Gasteiger partial charge in [-0.05, 0) is 31.2 Å². The van der Waals surface area contributed by atoms with Gasteiger partial charge in [0, 0.05) is 33.9 Å². The Labute approximate surface area is 154 Å². The molecule has 2 aliphatic carbocycles. The Hall–Kier alpha value is -1.59. The molecule has 5 atom stereocenters. The standard InChI is InChI=1S/C21H30O5/c1-10(11(2)22)12-9-13-14(17(25)15(12)23)21(5)8-6-7-20(3,4)19(21)18(26)16(13)24/h9-11,18-19,22-23,25-26H,6-8H2,1-5H3. The molecule has 0 radical (unpaired) electrons. The lowest BCUT2D eigenvalue weighted by Crippen LogP contribution is -2.56. The number of Topliss-reactive ketones (excluding diaryl/α,β-unsaturated/α-hetero) is 1. The van der Waals surface area contributed by atoms with Gasteiger partial charge in [0.25, 0.3) is 0 Å². The fraction of sp³-hybridized carbons (Fsp3) is 0.667. The van der Waals surface area contributed by atoms with E-state index >= 15 is 0 Å². The first kappa shape index (κ1) is 19.2. The van der Waals surface area contributed by atoms with E-state index < -0.39 is 29.3 Å². The van der Waals surface area contributed by atoms with E-state index in [1.165, 1.54) is 0 Å². The minimum atomic E-state index is -1.14. The Kier molecular flexibility index (Phi) is 4.40. The molecule has 5 heteroatoms. The molecule has 144 valence electrons. The molecule has 0 aromatic heterocycles. The Morgan fingerprint density at radius 2 is 1.73 bits per heavy atom. The molecular weight excluding hydrogens is 332 g/mol. The van der Waals surface area contributed by atoms with Crippen molar-refractivity contribution in [1.29, 1.82) is 0 Å². The minimum Gasteiger partial charge on any atom is -0.504 e. The van der Waals surface area contributed by atoms with Crippen molar-refractivity contribution in [3.8, 4) is 11.5 Å². The van der Waals surface area contributed by atoms with Crippen molar-refractivity contribution in [3.05, 3.63) is 22.8 Å². The van der Waals surface area contributed by atoms with Crippen LogP contribution in [-0.4, -0.2) is 38.4 Å². The van der Waals surface area contributed by atoms with Crippen LogP contribution in [0.15, 0.2) is 6.07 Å². The second-order valence-corrected chi connectivity index (χ2v) is 9.16. The third-order valence-electron chi connectivity index (χ3n) is 6.98. The number of benzene rings is 1. The maximum atomic E-state index is 13.0. The first-order chi connectivity index (χ1) is 11.9. The van der Waals surface area contributed by atoms with Gasteiger partial charge in [0.05, 0.1) is 6.10 Å². The van der Waals surface area contributed by atoms with Crippen LogP contribution in [0.5, 0.6) is 11.5 Å². The van der Waals surface area contributed by atoms with Gasteiger partial charge in [0.15, 0.2) is 17.3 Å². The van der Waals surface area contributed by atoms with Gasteiger partial charge in [0.2, 0.25) is 0 Å². The lowest BCUT2D eigenvalue weighted by molar-refractivity contribution is -0.0396. The molecule has 5 nitrogen and oxygen atoms in total. The summed E-state index contributed by atoms with van der Waals surface area (Å²) in [5.41, 5.74) is 0.191. The fourth-order valence-corrected chi connectivity index (χ4v) is 5.51. The van der Waals surface area contributed by atoms with Gasteiger partial charge in [-0.25, -0.2) is 0 Å². The maximum Gasteiger partial charge on any atom is 0.192 e. The Morgan fingerprint density at radius 3 is 2.31 bits per heavy atom. The van der Waals surface area contributed by atoms with Crippen LogP contribution in [0.4, 0.5) is 0 Å². The summed E-state index contributed by atoms with van der Waals surface area (Å²) in [6.45, 7) is 9.40. The predicted molar refractivity (Wildman–Crippen MR) is 98.7 cm³/mol. The largest absolute Gasteiger partial charge is 0.504 e. The van der Waals surface area contributed by atoms with Gasteiger partial charge in [0.1, 0.15) is 6.10 Å². The van der Waals surface area contributed by atoms with Crippen molar-refractivity contribution >= 4 is 5.78 Å². The van der Waals surface area contributed by atoms with Crippen LogP contribution < -0.4 is 0 Å². The molecule has 0 bridgehead atoms. The molecule has 1 aromatic rings. The number of fused-ring (bicyclic) bond motifs is 3. The van der Waals surface area contributed by atoms with Crippen LogP contribution in [0.3, 0.4) is 0 Å². The molecule has 0 spiro atoms. The number of aliphatic hydroxyl groups is 2. The van der Waals surface area contributed by atoms with Crippen molar-refractivity contribution in [1.82, 2.24) is 0 Å². The molecule has 0 amide bonds. The lowest BCUT2D eigenvalue weighted by Gasteiger charge is -2.55. The van der Waals surface area contributed by atoms with Crippen molar-refractivity contribution in [2.24, 2.45) is 11.3 Å². The summed E-state index contributed by atoms with van der Waals surface area (Å²) in [7, 11) is 0. The highest BCUT2D eigenvalue weighted by Crippen LogP contribution is 2.60. The van der Waals surface area contributed by atoms with E-state index in [4.69, 9.17) is 0 Å². The molecule has 4 N–H and O–H groups in total. The van der Waals surface area contributed by atoms with E-state index in [1.807, 2.05) is 6.92 Å². The van der Waals surface area contributed by atoms with Crippen molar-refractivity contribution in [2.45, 2.75) is 77.4 Å². The fourth-order valence-electron chi connectivity index (χ4n) is 5.51. The predicted octanol–water partition coefficient (Wildman–Crippen LogP) is 3.22. The summed E-state index contributed by atoms with van der Waals surface area (Å²) in [5, 5.41) is 42.3. The summed E-state index contributed by atoms with van der Waals surface area (Å²) < 4.78 is 0. The minimum absolute atomic E-state index is 0.257. The first-order valence-corrected chi connectivity index (χ1v) is 9.43. The topological polar surface area (TPSA) is 98.0 Å². The van der Waals surface area contributed by atoms with Crippen molar-refractivity contribution in [3.63, 3.8) is 0 Å². The van der Waals surface area contributed by atoms with Crippen LogP contribution in [-0.2, 0) is 5.41 Å². The zero-order valence-electron chi connectivity index (χ0n) is 16.2. The van der Waals surface area contributed by atoms with Crippen LogP contribution in [0.1, 0.15) is 81.3 Å². The molecular formula is C21H30O5. The molecule has 0 aliphatic heterocycles. The van der Waals surface area contributed by atoms with E-state index in [2.05, 4.69) is 13.8 Å². The molecule has 1 aromatic carbocycles. The van der Waals surface area contributed by atoms with Gasteiger partial charge < -0.3 is 20.4 Å². The molecule has 1 saturated carbocycles. The van der Waals surface area contributed by atoms with Crippen LogP contribution in [0, 0.1) is 11.3 Å². The Balaban J connectivity index is 2.30. The number of ketones is 1. The molecule has 26 heavy (non-hydrogen) atoms. The first-order valence-electron chi connectivity index (χ1n) is 9.43. The summed E-state index contributed by atoms with van der Waals surface area (Å²) in [4.78, 5) is 13.0. The molecule has 0 heterocycles. The number of phenols is 2. The number of rotatable bonds is 2. The summed E-state index contributed by atoms with van der Waals surface area (Å²) in [5.74, 6) is -1.74. The van der Waals surface area contributed by atoms with E-state index in [9.17, 15) is 25.2 Å². The van der Waals surface area contributed by atoms with Crippen molar-refractivity contribution in [2.75, 3.05) is 0 Å². The zero-order valence-corrected chi connectivity index (χ0v) is 16.2. The number of phenolic OH excluding ortho intramolecular Hbond substituents is 2. The van der Waals surface area contributed by atoms with Gasteiger partial charge in [-0.2, -0.15) is 0 Å². The quantitative estimate of drug-likeness (QED) is 0.606. The summed E-state index contributed by atoms with van der Waals surface area (Å²) in [6.07, 6.45) is 0.667. The average molecular weight is 362 g/mol. The molecule has 5 unspecified atom stereocenters. The second-order valence-electron chi connectivity index (χ2n) is 9.16. The number of aliphatic hydroxyl groups excluding tert-OH is 2. The molecule has 2 aliphatic rings. The summed E-state index contributed by atoms with van der Waals surface area (Å²) in [6, 6.07) is 1.55. The lowest BCUT2D eigenvalue weighted by atomic mass is 9.49. The van der Waals surface area contributed by atoms with Crippen molar-refractivity contribution < 1.29 is 25.2 Å². The van der Waals surface area contributed by atoms with Gasteiger partial charge in [-0.15, -0.1) is 0 Å². The third-order valence-corrected chi connectivity index (χ3v) is 6.98. The number of carbonyl (C=O) groups is 1. The number of carbonyl (C=O) groups excluding carboxylic acids is 1. The van der Waals surface area contributed by atoms with Gasteiger partial charge in [-0.1, -0.05) is 34.1 Å². The SMILES string of the molecule is CC(O)C(C)c1cc2c(c(O)c1O)C1(C)CCCC(C)(C)C1C(O)C2=O. The molecule has 1 fully saturated rings. The number of aromatic hydroxyl groups is 2. The van der Waals surface area contributed by atoms with Gasteiger partial charge in [-0.3, -0.25) is 4.79 Å². The van der Waals surface area contributed by atoms with E-state index in [1.54, 1.807) is 19.9 Å². The zero-order chi connectivity index (χ0) is 19.6. The normalized spacial score (nSPS) is 32.5. The monoisotopic (exact) mass is 362 g/mol. The van der Waals surface area contributed by atoms with E-state index in [0.717, 1.165) is 19.3 Å². The number of hydrogen-bond acceptors (Lipinski definition) is 5. The summed E-state index contributed by atoms with van der Waals surface area (Å²) >= 11 is 0. The highest BCUT2D eigenvalue weighted by atomic mass is 16.3. The molecule has 0 saturated heterocycles. The Bertz CT molecular complexity index is 751. The van der Waals surface area contributed by atoms with E-state index in [-0.39, 0.29) is 28.4 Å². The number of hydrogen-bond donors (Lipinski definition) is 4. The second kappa shape index (κ2) is 5.96. The highest BCUT2D eigenvalue weighted by Gasteiger charge is 2.57.